The molecule has 1 fully saturated rings. The number of rotatable bonds is 5. The monoisotopic (exact) mass is 335 g/mol. The number of carbonyl (C=O) groups excluding carboxylic acids is 1. The Labute approximate surface area is 149 Å². The largest absolute Gasteiger partial charge is 0.384 e. The van der Waals surface area contributed by atoms with Crippen LogP contribution < -0.4 is 5.32 Å². The van der Waals surface area contributed by atoms with Gasteiger partial charge in [-0.25, -0.2) is 0 Å². The Kier molecular flexibility index (Phi) is 4.81. The van der Waals surface area contributed by atoms with Gasteiger partial charge in [-0.15, -0.1) is 0 Å². The molecule has 130 valence electrons. The molecular formula is C21H25N3O. The molecule has 2 aliphatic rings. The number of piperazine rings is 1. The van der Waals surface area contributed by atoms with E-state index in [2.05, 4.69) is 51.5 Å². The predicted molar refractivity (Wildman–Crippen MR) is 101 cm³/mol. The van der Waals surface area contributed by atoms with Crippen molar-refractivity contribution in [3.63, 3.8) is 0 Å². The molecule has 1 N–H and O–H groups in total. The molecule has 0 radical (unpaired) electrons. The number of Topliss-reactive ketones (excluding diaryl/α,β-unsaturated/α-hetero) is 1. The second-order valence-corrected chi connectivity index (χ2v) is 7.01. The highest BCUT2D eigenvalue weighted by atomic mass is 16.1. The summed E-state index contributed by atoms with van der Waals surface area (Å²) in [6.45, 7) is 6.49. The molecule has 2 aromatic rings. The van der Waals surface area contributed by atoms with Gasteiger partial charge in [-0.3, -0.25) is 14.6 Å². The fourth-order valence-electron chi connectivity index (χ4n) is 3.72. The standard InChI is InChI=1S/C21H25N3O/c25-21(19-6-7-20-18(14-19)8-9-22-20)16-24-12-10-23(11-13-24)15-17-4-2-1-3-5-17/h1-7,14,22H,8-13,15-16H2. The zero-order valence-electron chi connectivity index (χ0n) is 14.6. The number of carbonyl (C=O) groups is 1. The van der Waals surface area contributed by atoms with E-state index in [-0.39, 0.29) is 5.78 Å². The van der Waals surface area contributed by atoms with Gasteiger partial charge in [0, 0.05) is 50.5 Å². The molecular weight excluding hydrogens is 310 g/mol. The number of anilines is 1. The Balaban J connectivity index is 1.29. The number of hydrogen-bond acceptors (Lipinski definition) is 4. The van der Waals surface area contributed by atoms with Crippen LogP contribution in [0.2, 0.25) is 0 Å². The molecule has 2 heterocycles. The van der Waals surface area contributed by atoms with E-state index in [1.807, 2.05) is 12.1 Å². The SMILES string of the molecule is O=C(CN1CCN(Cc2ccccc2)CC1)c1ccc2c(c1)CCN2. The average Bonchev–Trinajstić information content (AvgIpc) is 3.12. The number of nitrogens with one attached hydrogen (secondary N) is 1. The van der Waals surface area contributed by atoms with Gasteiger partial charge in [0.25, 0.3) is 0 Å². The highest BCUT2D eigenvalue weighted by Crippen LogP contribution is 2.23. The van der Waals surface area contributed by atoms with Gasteiger partial charge in [0.1, 0.15) is 0 Å². The van der Waals surface area contributed by atoms with Gasteiger partial charge >= 0.3 is 0 Å². The van der Waals surface area contributed by atoms with E-state index in [1.165, 1.54) is 16.8 Å². The summed E-state index contributed by atoms with van der Waals surface area (Å²) in [6, 6.07) is 16.7. The maximum Gasteiger partial charge on any atom is 0.176 e. The van der Waals surface area contributed by atoms with Crippen LogP contribution in [0.4, 0.5) is 5.69 Å². The molecule has 2 aromatic carbocycles. The van der Waals surface area contributed by atoms with Gasteiger partial charge in [0.15, 0.2) is 5.78 Å². The quantitative estimate of drug-likeness (QED) is 0.852. The summed E-state index contributed by atoms with van der Waals surface area (Å²) in [6.07, 6.45) is 1.02. The van der Waals surface area contributed by atoms with Gasteiger partial charge < -0.3 is 5.32 Å². The Morgan fingerprint density at radius 2 is 1.72 bits per heavy atom. The first-order valence-corrected chi connectivity index (χ1v) is 9.16. The van der Waals surface area contributed by atoms with Gasteiger partial charge in [0.2, 0.25) is 0 Å². The van der Waals surface area contributed by atoms with Crippen molar-refractivity contribution < 1.29 is 4.79 Å². The zero-order valence-corrected chi connectivity index (χ0v) is 14.6. The van der Waals surface area contributed by atoms with Crippen LogP contribution in [0, 0.1) is 0 Å². The third-order valence-electron chi connectivity index (χ3n) is 5.22. The first kappa shape index (κ1) is 16.3. The number of fused-ring (bicyclic) bond motifs is 1. The molecule has 25 heavy (non-hydrogen) atoms. The molecule has 0 amide bonds. The lowest BCUT2D eigenvalue weighted by atomic mass is 10.0. The summed E-state index contributed by atoms with van der Waals surface area (Å²) in [5.74, 6) is 0.242. The minimum Gasteiger partial charge on any atom is -0.384 e. The Morgan fingerprint density at radius 3 is 2.52 bits per heavy atom. The lowest BCUT2D eigenvalue weighted by molar-refractivity contribution is 0.0843. The third kappa shape index (κ3) is 3.91. The molecule has 0 aliphatic carbocycles. The summed E-state index contributed by atoms with van der Waals surface area (Å²) in [4.78, 5) is 17.4. The summed E-state index contributed by atoms with van der Waals surface area (Å²) in [7, 11) is 0. The minimum absolute atomic E-state index is 0.242. The van der Waals surface area contributed by atoms with Crippen molar-refractivity contribution in [3.8, 4) is 0 Å². The number of hydrogen-bond donors (Lipinski definition) is 1. The highest BCUT2D eigenvalue weighted by molar-refractivity contribution is 5.98. The van der Waals surface area contributed by atoms with Crippen molar-refractivity contribution in [2.75, 3.05) is 44.6 Å². The van der Waals surface area contributed by atoms with E-state index < -0.39 is 0 Å². The van der Waals surface area contributed by atoms with Crippen molar-refractivity contribution in [3.05, 3.63) is 65.2 Å². The summed E-state index contributed by atoms with van der Waals surface area (Å²) < 4.78 is 0. The van der Waals surface area contributed by atoms with Crippen LogP contribution in [0.15, 0.2) is 48.5 Å². The van der Waals surface area contributed by atoms with E-state index in [1.54, 1.807) is 0 Å². The Bertz CT molecular complexity index is 736. The molecule has 0 spiro atoms. The van der Waals surface area contributed by atoms with Crippen LogP contribution in [0.5, 0.6) is 0 Å². The molecule has 2 aliphatic heterocycles. The first-order valence-electron chi connectivity index (χ1n) is 9.16. The lowest BCUT2D eigenvalue weighted by Crippen LogP contribution is -2.47. The van der Waals surface area contributed by atoms with E-state index >= 15 is 0 Å². The second kappa shape index (κ2) is 7.38. The molecule has 0 saturated carbocycles. The topological polar surface area (TPSA) is 35.6 Å². The maximum atomic E-state index is 12.6. The van der Waals surface area contributed by atoms with Crippen LogP contribution in [0.25, 0.3) is 0 Å². The van der Waals surface area contributed by atoms with Gasteiger partial charge in [-0.05, 0) is 35.7 Å². The molecule has 4 heteroatoms. The van der Waals surface area contributed by atoms with Gasteiger partial charge in [0.05, 0.1) is 6.54 Å². The highest BCUT2D eigenvalue weighted by Gasteiger charge is 2.20. The third-order valence-corrected chi connectivity index (χ3v) is 5.22. The van der Waals surface area contributed by atoms with E-state index in [0.717, 1.165) is 51.3 Å². The average molecular weight is 335 g/mol. The van der Waals surface area contributed by atoms with Gasteiger partial charge in [-0.1, -0.05) is 30.3 Å². The smallest absolute Gasteiger partial charge is 0.176 e. The lowest BCUT2D eigenvalue weighted by Gasteiger charge is -2.34. The predicted octanol–water partition coefficient (Wildman–Crippen LogP) is 2.66. The number of benzene rings is 2. The van der Waals surface area contributed by atoms with Crippen LogP contribution in [-0.2, 0) is 13.0 Å². The van der Waals surface area contributed by atoms with Crippen molar-refractivity contribution in [1.29, 1.82) is 0 Å². The van der Waals surface area contributed by atoms with Crippen molar-refractivity contribution in [1.82, 2.24) is 9.80 Å². The van der Waals surface area contributed by atoms with Crippen LogP contribution >= 0.6 is 0 Å². The first-order chi connectivity index (χ1) is 12.3. The summed E-state index contributed by atoms with van der Waals surface area (Å²) >= 11 is 0. The van der Waals surface area contributed by atoms with Crippen molar-refractivity contribution >= 4 is 11.5 Å². The van der Waals surface area contributed by atoms with E-state index in [9.17, 15) is 4.79 Å². The molecule has 1 saturated heterocycles. The van der Waals surface area contributed by atoms with Gasteiger partial charge in [-0.2, -0.15) is 0 Å². The van der Waals surface area contributed by atoms with Crippen molar-refractivity contribution in [2.45, 2.75) is 13.0 Å². The zero-order chi connectivity index (χ0) is 17.1. The molecule has 0 bridgehead atoms. The molecule has 4 nitrogen and oxygen atoms in total. The van der Waals surface area contributed by atoms with Crippen LogP contribution in [0.3, 0.4) is 0 Å². The molecule has 0 aromatic heterocycles. The molecule has 0 unspecified atom stereocenters. The number of ketones is 1. The number of nitrogens with zero attached hydrogens (tertiary/aromatic N) is 2. The summed E-state index contributed by atoms with van der Waals surface area (Å²) in [5.41, 5.74) is 4.68. The maximum absolute atomic E-state index is 12.6. The fraction of sp³-hybridized carbons (Fsp3) is 0.381. The molecule has 4 rings (SSSR count). The second-order valence-electron chi connectivity index (χ2n) is 7.01. The van der Waals surface area contributed by atoms with E-state index in [4.69, 9.17) is 0 Å². The van der Waals surface area contributed by atoms with Crippen LogP contribution in [-0.4, -0.2) is 54.9 Å². The van der Waals surface area contributed by atoms with Crippen molar-refractivity contribution in [2.24, 2.45) is 0 Å². The normalized spacial score (nSPS) is 17.9. The Morgan fingerprint density at radius 1 is 0.960 bits per heavy atom. The summed E-state index contributed by atoms with van der Waals surface area (Å²) in [5, 5.41) is 3.35. The molecule has 0 atom stereocenters. The Hall–Kier alpha value is -2.17. The van der Waals surface area contributed by atoms with Crippen LogP contribution in [0.1, 0.15) is 21.5 Å². The fourth-order valence-corrected chi connectivity index (χ4v) is 3.72. The minimum atomic E-state index is 0.242. The van der Waals surface area contributed by atoms with E-state index in [0.29, 0.717) is 6.54 Å².